The van der Waals surface area contributed by atoms with Gasteiger partial charge in [0.2, 0.25) is 0 Å². The van der Waals surface area contributed by atoms with E-state index in [0.717, 1.165) is 26.0 Å². The van der Waals surface area contributed by atoms with Crippen molar-refractivity contribution in [3.8, 4) is 0 Å². The fourth-order valence-electron chi connectivity index (χ4n) is 3.53. The summed E-state index contributed by atoms with van der Waals surface area (Å²) in [6.07, 6.45) is 2.57. The van der Waals surface area contributed by atoms with Crippen LogP contribution in [-0.4, -0.2) is 53.3 Å². The highest BCUT2D eigenvalue weighted by molar-refractivity contribution is 8.00. The van der Waals surface area contributed by atoms with Crippen LogP contribution in [0.3, 0.4) is 0 Å². The van der Waals surface area contributed by atoms with E-state index in [0.29, 0.717) is 22.5 Å². The van der Waals surface area contributed by atoms with E-state index in [1.807, 2.05) is 0 Å². The molecule has 2 saturated heterocycles. The molecule has 0 aliphatic carbocycles. The normalized spacial score (nSPS) is 41.7. The largest absolute Gasteiger partial charge is 0.378 e. The monoisotopic (exact) mass is 286 g/mol. The Morgan fingerprint density at radius 3 is 2.47 bits per heavy atom. The number of nitrogens with two attached hydrogens (primary N) is 1. The van der Waals surface area contributed by atoms with E-state index < -0.39 is 0 Å². The van der Waals surface area contributed by atoms with Gasteiger partial charge in [0.05, 0.1) is 6.10 Å². The first kappa shape index (κ1) is 15.6. The first-order chi connectivity index (χ1) is 8.97. The molecular formula is C15H30N2OS. The molecule has 0 radical (unpaired) electrons. The highest BCUT2D eigenvalue weighted by Gasteiger charge is 2.43. The molecule has 2 aliphatic heterocycles. The molecule has 0 bridgehead atoms. The molecule has 3 nitrogen and oxygen atoms in total. The molecule has 2 heterocycles. The van der Waals surface area contributed by atoms with Crippen LogP contribution in [0.15, 0.2) is 0 Å². The number of nitrogens with zero attached hydrogens (tertiary/aromatic N) is 1. The minimum Gasteiger partial charge on any atom is -0.378 e. The van der Waals surface area contributed by atoms with Crippen molar-refractivity contribution in [1.29, 1.82) is 0 Å². The second-order valence-electron chi connectivity index (χ2n) is 6.70. The van der Waals surface area contributed by atoms with E-state index >= 15 is 0 Å². The van der Waals surface area contributed by atoms with Gasteiger partial charge in [0.15, 0.2) is 0 Å². The van der Waals surface area contributed by atoms with E-state index in [1.54, 1.807) is 0 Å². The summed E-state index contributed by atoms with van der Waals surface area (Å²) in [6, 6.07) is 0. The van der Waals surface area contributed by atoms with Crippen LogP contribution in [0.4, 0.5) is 0 Å². The molecule has 4 atom stereocenters. The first-order valence-corrected chi connectivity index (χ1v) is 8.63. The molecule has 4 heteroatoms. The summed E-state index contributed by atoms with van der Waals surface area (Å²) >= 11 is 2.11. The second-order valence-corrected chi connectivity index (χ2v) is 8.58. The summed E-state index contributed by atoms with van der Waals surface area (Å²) in [5, 5.41) is 1.43. The first-order valence-electron chi connectivity index (χ1n) is 7.69. The van der Waals surface area contributed by atoms with Gasteiger partial charge in [-0.05, 0) is 18.8 Å². The zero-order valence-corrected chi connectivity index (χ0v) is 13.7. The lowest BCUT2D eigenvalue weighted by Gasteiger charge is -2.52. The van der Waals surface area contributed by atoms with E-state index in [4.69, 9.17) is 10.5 Å². The SMILES string of the molecule is CC1CN(C2(CN)CCOC(C(C)C)C2)CC(C)S1. The summed E-state index contributed by atoms with van der Waals surface area (Å²) < 4.78 is 5.95. The fraction of sp³-hybridized carbons (Fsp3) is 1.00. The lowest BCUT2D eigenvalue weighted by atomic mass is 9.81. The van der Waals surface area contributed by atoms with Crippen LogP contribution >= 0.6 is 11.8 Å². The van der Waals surface area contributed by atoms with E-state index in [-0.39, 0.29) is 5.54 Å². The number of hydrogen-bond acceptors (Lipinski definition) is 4. The maximum absolute atomic E-state index is 6.22. The van der Waals surface area contributed by atoms with Gasteiger partial charge in [0, 0.05) is 42.3 Å². The molecule has 112 valence electrons. The van der Waals surface area contributed by atoms with Crippen LogP contribution in [0, 0.1) is 5.92 Å². The molecular weight excluding hydrogens is 256 g/mol. The highest BCUT2D eigenvalue weighted by atomic mass is 32.2. The third-order valence-electron chi connectivity index (χ3n) is 4.69. The van der Waals surface area contributed by atoms with Gasteiger partial charge in [-0.25, -0.2) is 0 Å². The Kier molecular flexibility index (Phi) is 5.21. The van der Waals surface area contributed by atoms with Crippen LogP contribution in [-0.2, 0) is 4.74 Å². The Bertz CT molecular complexity index is 290. The molecule has 19 heavy (non-hydrogen) atoms. The van der Waals surface area contributed by atoms with Crippen LogP contribution < -0.4 is 5.73 Å². The molecule has 2 N–H and O–H groups in total. The van der Waals surface area contributed by atoms with Gasteiger partial charge >= 0.3 is 0 Å². The fourth-order valence-corrected chi connectivity index (χ4v) is 4.86. The molecule has 0 aromatic carbocycles. The Labute approximate surface area is 122 Å². The standard InChI is InChI=1S/C15H30N2OS/c1-11(2)14-7-15(10-16,5-6-18-14)17-8-12(3)19-13(4)9-17/h11-14H,5-10,16H2,1-4H3. The predicted octanol–water partition coefficient (Wildman–Crippen LogP) is 2.34. The van der Waals surface area contributed by atoms with E-state index in [9.17, 15) is 0 Å². The number of ether oxygens (including phenoxy) is 1. The summed E-state index contributed by atoms with van der Waals surface area (Å²) in [4.78, 5) is 2.68. The highest BCUT2D eigenvalue weighted by Crippen LogP contribution is 2.37. The Hall–Kier alpha value is 0.230. The van der Waals surface area contributed by atoms with Gasteiger partial charge < -0.3 is 10.5 Å². The molecule has 4 unspecified atom stereocenters. The lowest BCUT2D eigenvalue weighted by Crippen LogP contribution is -2.62. The summed E-state index contributed by atoms with van der Waals surface area (Å²) in [5.41, 5.74) is 6.40. The molecule has 2 rings (SSSR count). The van der Waals surface area contributed by atoms with Gasteiger partial charge in [-0.1, -0.05) is 27.7 Å². The molecule has 0 saturated carbocycles. The van der Waals surface area contributed by atoms with Gasteiger partial charge in [-0.2, -0.15) is 11.8 Å². The predicted molar refractivity (Wildman–Crippen MR) is 83.7 cm³/mol. The molecule has 0 spiro atoms. The van der Waals surface area contributed by atoms with E-state index in [1.165, 1.54) is 13.1 Å². The van der Waals surface area contributed by atoms with Crippen molar-refractivity contribution in [3.63, 3.8) is 0 Å². The van der Waals surface area contributed by atoms with Gasteiger partial charge in [0.25, 0.3) is 0 Å². The third-order valence-corrected chi connectivity index (χ3v) is 5.92. The molecule has 0 amide bonds. The zero-order chi connectivity index (χ0) is 14.0. The molecule has 0 aromatic heterocycles. The van der Waals surface area contributed by atoms with Crippen LogP contribution in [0.25, 0.3) is 0 Å². The van der Waals surface area contributed by atoms with Crippen LogP contribution in [0.5, 0.6) is 0 Å². The Morgan fingerprint density at radius 2 is 1.95 bits per heavy atom. The lowest BCUT2D eigenvalue weighted by molar-refractivity contribution is -0.0879. The zero-order valence-electron chi connectivity index (χ0n) is 12.9. The maximum atomic E-state index is 6.22. The number of rotatable bonds is 3. The van der Waals surface area contributed by atoms with Gasteiger partial charge in [0.1, 0.15) is 0 Å². The van der Waals surface area contributed by atoms with Crippen LogP contribution in [0.1, 0.15) is 40.5 Å². The average molecular weight is 286 g/mol. The van der Waals surface area contributed by atoms with Gasteiger partial charge in [-0.3, -0.25) is 4.90 Å². The summed E-state index contributed by atoms with van der Waals surface area (Å²) in [6.45, 7) is 13.2. The van der Waals surface area contributed by atoms with Crippen molar-refractivity contribution >= 4 is 11.8 Å². The minimum atomic E-state index is 0.177. The Balaban J connectivity index is 2.12. The molecule has 2 aliphatic rings. The summed E-state index contributed by atoms with van der Waals surface area (Å²) in [7, 11) is 0. The minimum absolute atomic E-state index is 0.177. The summed E-state index contributed by atoms with van der Waals surface area (Å²) in [5.74, 6) is 0.584. The topological polar surface area (TPSA) is 38.5 Å². The molecule has 0 aromatic rings. The quantitative estimate of drug-likeness (QED) is 0.864. The smallest absolute Gasteiger partial charge is 0.0616 e. The average Bonchev–Trinajstić information content (AvgIpc) is 2.37. The number of hydrogen-bond donors (Lipinski definition) is 1. The third kappa shape index (κ3) is 3.46. The second kappa shape index (κ2) is 6.33. The van der Waals surface area contributed by atoms with Gasteiger partial charge in [-0.15, -0.1) is 0 Å². The van der Waals surface area contributed by atoms with Crippen molar-refractivity contribution < 1.29 is 4.74 Å². The van der Waals surface area contributed by atoms with Crippen molar-refractivity contribution in [2.24, 2.45) is 11.7 Å². The van der Waals surface area contributed by atoms with E-state index in [2.05, 4.69) is 44.4 Å². The van der Waals surface area contributed by atoms with Crippen molar-refractivity contribution in [3.05, 3.63) is 0 Å². The maximum Gasteiger partial charge on any atom is 0.0616 e. The van der Waals surface area contributed by atoms with Crippen molar-refractivity contribution in [2.45, 2.75) is 62.7 Å². The van der Waals surface area contributed by atoms with Crippen LogP contribution in [0.2, 0.25) is 0 Å². The van der Waals surface area contributed by atoms with Crippen molar-refractivity contribution in [1.82, 2.24) is 4.90 Å². The Morgan fingerprint density at radius 1 is 1.32 bits per heavy atom. The number of thioether (sulfide) groups is 1. The molecule has 2 fully saturated rings. The van der Waals surface area contributed by atoms with Crippen molar-refractivity contribution in [2.75, 3.05) is 26.2 Å².